The number of hydrogen-bond acceptors (Lipinski definition) is 6. The number of hydrogen-bond donors (Lipinski definition) is 3. The second kappa shape index (κ2) is 7.46. The third-order valence-corrected chi connectivity index (χ3v) is 5.73. The quantitative estimate of drug-likeness (QED) is 0.532. The fraction of sp³-hybridized carbons (Fsp3) is 0.412. The Kier molecular flexibility index (Phi) is 5.25. The first kappa shape index (κ1) is 19.0. The number of fused-ring (bicyclic) bond motifs is 1. The summed E-state index contributed by atoms with van der Waals surface area (Å²) in [5.74, 6) is 1.89. The summed E-state index contributed by atoms with van der Waals surface area (Å²) < 4.78 is 26.9. The highest BCUT2D eigenvalue weighted by Crippen LogP contribution is 2.36. The van der Waals surface area contributed by atoms with Gasteiger partial charge in [0.15, 0.2) is 5.66 Å². The topological polar surface area (TPSA) is 129 Å². The minimum atomic E-state index is -3.86. The summed E-state index contributed by atoms with van der Waals surface area (Å²) in [4.78, 5) is 23.3. The van der Waals surface area contributed by atoms with Gasteiger partial charge in [-0.15, -0.1) is 12.3 Å². The van der Waals surface area contributed by atoms with Crippen LogP contribution in [0.3, 0.4) is 0 Å². The van der Waals surface area contributed by atoms with E-state index in [-0.39, 0.29) is 23.8 Å². The molecule has 10 heteroatoms. The third kappa shape index (κ3) is 4.69. The first-order valence-corrected chi connectivity index (χ1v) is 9.89. The maximum Gasteiger partial charge on any atom is 0.241 e. The van der Waals surface area contributed by atoms with Gasteiger partial charge in [0.05, 0.1) is 17.9 Å². The van der Waals surface area contributed by atoms with E-state index in [0.717, 1.165) is 0 Å². The van der Waals surface area contributed by atoms with E-state index in [0.29, 0.717) is 37.1 Å². The summed E-state index contributed by atoms with van der Waals surface area (Å²) >= 11 is 0. The van der Waals surface area contributed by atoms with E-state index in [1.54, 1.807) is 0 Å². The molecule has 0 aliphatic carbocycles. The van der Waals surface area contributed by atoms with Crippen molar-refractivity contribution in [3.63, 3.8) is 0 Å². The highest BCUT2D eigenvalue weighted by atomic mass is 32.2. The summed E-state index contributed by atoms with van der Waals surface area (Å²) in [5, 5.41) is 13.2. The number of sulfonamides is 1. The molecule has 0 spiro atoms. The van der Waals surface area contributed by atoms with E-state index in [4.69, 9.17) is 6.42 Å². The van der Waals surface area contributed by atoms with Gasteiger partial charge < -0.3 is 10.6 Å². The van der Waals surface area contributed by atoms with Crippen molar-refractivity contribution in [2.45, 2.75) is 36.2 Å². The van der Waals surface area contributed by atoms with Crippen LogP contribution < -0.4 is 15.4 Å². The van der Waals surface area contributed by atoms with Gasteiger partial charge in [0.1, 0.15) is 0 Å². The Morgan fingerprint density at radius 1 is 1.33 bits per heavy atom. The second-order valence-corrected chi connectivity index (χ2v) is 8.12. The predicted octanol–water partition coefficient (Wildman–Crippen LogP) is 0.541. The lowest BCUT2D eigenvalue weighted by Gasteiger charge is -2.11. The number of terminal acetylenes is 1. The number of benzene rings is 1. The highest BCUT2D eigenvalue weighted by Gasteiger charge is 2.38. The van der Waals surface area contributed by atoms with Crippen LogP contribution in [0.4, 0.5) is 5.69 Å². The number of carbonyl (C=O) groups is 2. The molecule has 0 bridgehead atoms. The van der Waals surface area contributed by atoms with Crippen LogP contribution in [-0.4, -0.2) is 39.0 Å². The third-order valence-electron chi connectivity index (χ3n) is 4.33. The molecule has 0 fully saturated rings. The predicted molar refractivity (Wildman–Crippen MR) is 97.2 cm³/mol. The SMILES string of the molecule is C#CCCC1(CCNC(=O)CNS(=O)(=O)c2ccc3c(c2)CC(=O)N3)N=N1. The average Bonchev–Trinajstić information content (AvgIpc) is 3.29. The zero-order chi connectivity index (χ0) is 19.5. The van der Waals surface area contributed by atoms with E-state index >= 15 is 0 Å². The van der Waals surface area contributed by atoms with Crippen LogP contribution in [0.15, 0.2) is 33.3 Å². The molecule has 0 aromatic heterocycles. The van der Waals surface area contributed by atoms with Crippen molar-refractivity contribution in [3.05, 3.63) is 23.8 Å². The van der Waals surface area contributed by atoms with Crippen LogP contribution in [-0.2, 0) is 26.0 Å². The lowest BCUT2D eigenvalue weighted by Crippen LogP contribution is -2.38. The molecule has 0 saturated heterocycles. The van der Waals surface area contributed by atoms with Crippen LogP contribution in [0.25, 0.3) is 0 Å². The molecule has 0 unspecified atom stereocenters. The minimum Gasteiger partial charge on any atom is -0.355 e. The van der Waals surface area contributed by atoms with E-state index in [9.17, 15) is 18.0 Å². The first-order chi connectivity index (χ1) is 12.8. The fourth-order valence-corrected chi connectivity index (χ4v) is 3.78. The molecule has 0 radical (unpaired) electrons. The van der Waals surface area contributed by atoms with Crippen molar-refractivity contribution in [3.8, 4) is 12.3 Å². The molecule has 2 aliphatic rings. The normalized spacial score (nSPS) is 16.3. The molecular formula is C17H19N5O4S. The van der Waals surface area contributed by atoms with E-state index in [1.807, 2.05) is 0 Å². The number of nitrogens with one attached hydrogen (secondary N) is 3. The summed E-state index contributed by atoms with van der Waals surface area (Å²) in [6.45, 7) is -0.0625. The number of carbonyl (C=O) groups excluding carboxylic acids is 2. The van der Waals surface area contributed by atoms with Gasteiger partial charge in [0.25, 0.3) is 0 Å². The Hall–Kier alpha value is -2.77. The smallest absolute Gasteiger partial charge is 0.241 e. The van der Waals surface area contributed by atoms with Gasteiger partial charge in [0.2, 0.25) is 21.8 Å². The van der Waals surface area contributed by atoms with Gasteiger partial charge in [-0.1, -0.05) is 0 Å². The molecule has 2 heterocycles. The number of amides is 2. The van der Waals surface area contributed by atoms with Gasteiger partial charge in [-0.25, -0.2) is 13.1 Å². The van der Waals surface area contributed by atoms with Gasteiger partial charge in [-0.3, -0.25) is 9.59 Å². The zero-order valence-electron chi connectivity index (χ0n) is 14.5. The summed E-state index contributed by atoms with van der Waals surface area (Å²) in [6, 6.07) is 4.35. The molecule has 3 rings (SSSR count). The van der Waals surface area contributed by atoms with Crippen molar-refractivity contribution in [1.82, 2.24) is 10.0 Å². The van der Waals surface area contributed by atoms with E-state index in [1.165, 1.54) is 18.2 Å². The highest BCUT2D eigenvalue weighted by molar-refractivity contribution is 7.89. The summed E-state index contributed by atoms with van der Waals surface area (Å²) in [7, 11) is -3.86. The van der Waals surface area contributed by atoms with E-state index in [2.05, 4.69) is 31.5 Å². The minimum absolute atomic E-state index is 0.00867. The van der Waals surface area contributed by atoms with Crippen molar-refractivity contribution in [2.24, 2.45) is 10.2 Å². The fourth-order valence-electron chi connectivity index (χ4n) is 2.75. The second-order valence-electron chi connectivity index (χ2n) is 6.35. The lowest BCUT2D eigenvalue weighted by atomic mass is 10.0. The van der Waals surface area contributed by atoms with Crippen LogP contribution in [0.5, 0.6) is 0 Å². The Morgan fingerprint density at radius 2 is 2.11 bits per heavy atom. The van der Waals surface area contributed by atoms with Gasteiger partial charge in [0, 0.05) is 31.5 Å². The van der Waals surface area contributed by atoms with Gasteiger partial charge in [-0.05, 0) is 23.8 Å². The van der Waals surface area contributed by atoms with Gasteiger partial charge in [-0.2, -0.15) is 10.2 Å². The van der Waals surface area contributed by atoms with Gasteiger partial charge >= 0.3 is 0 Å². The molecule has 0 atom stereocenters. The van der Waals surface area contributed by atoms with E-state index < -0.39 is 21.6 Å². The Balaban J connectivity index is 1.46. The number of rotatable bonds is 9. The van der Waals surface area contributed by atoms with Crippen molar-refractivity contribution in [2.75, 3.05) is 18.4 Å². The number of nitrogens with zero attached hydrogens (tertiary/aromatic N) is 2. The van der Waals surface area contributed by atoms with Crippen LogP contribution in [0, 0.1) is 12.3 Å². The Morgan fingerprint density at radius 3 is 2.81 bits per heavy atom. The first-order valence-electron chi connectivity index (χ1n) is 8.40. The molecule has 3 N–H and O–H groups in total. The van der Waals surface area contributed by atoms with Crippen molar-refractivity contribution < 1.29 is 18.0 Å². The van der Waals surface area contributed by atoms with Crippen molar-refractivity contribution in [1.29, 1.82) is 0 Å². The summed E-state index contributed by atoms with van der Waals surface area (Å²) in [5.41, 5.74) is 0.725. The monoisotopic (exact) mass is 389 g/mol. The Labute approximate surface area is 157 Å². The van der Waals surface area contributed by atoms with Crippen LogP contribution >= 0.6 is 0 Å². The molecular weight excluding hydrogens is 370 g/mol. The molecule has 1 aromatic rings. The largest absolute Gasteiger partial charge is 0.355 e. The maximum absolute atomic E-state index is 12.3. The lowest BCUT2D eigenvalue weighted by molar-refractivity contribution is -0.120. The molecule has 0 saturated carbocycles. The molecule has 9 nitrogen and oxygen atoms in total. The number of anilines is 1. The standard InChI is InChI=1S/C17H19N5O4S/c1-2-3-6-17(21-22-17)7-8-18-16(24)11-19-27(25,26)13-4-5-14-12(9-13)10-15(23)20-14/h1,4-5,9,19H,3,6-8,10-11H2,(H,18,24)(H,20,23). The molecule has 142 valence electrons. The average molecular weight is 389 g/mol. The molecule has 2 amide bonds. The van der Waals surface area contributed by atoms with Crippen LogP contribution in [0.1, 0.15) is 24.8 Å². The molecule has 1 aromatic carbocycles. The maximum atomic E-state index is 12.3. The van der Waals surface area contributed by atoms with Crippen LogP contribution in [0.2, 0.25) is 0 Å². The summed E-state index contributed by atoms with van der Waals surface area (Å²) in [6.07, 6.45) is 7.08. The van der Waals surface area contributed by atoms with Crippen molar-refractivity contribution >= 4 is 27.5 Å². The molecule has 2 aliphatic heterocycles. The Bertz CT molecular complexity index is 943. The molecule has 27 heavy (non-hydrogen) atoms. The zero-order valence-corrected chi connectivity index (χ0v) is 15.3.